The molecule has 2 heteroatoms. The predicted molar refractivity (Wildman–Crippen MR) is 184 cm³/mol. The second-order valence-electron chi connectivity index (χ2n) is 11.4. The molecular weight excluding hydrogens is 520 g/mol. The van der Waals surface area contributed by atoms with E-state index in [-0.39, 0.29) is 0 Å². The average Bonchev–Trinajstić information content (AvgIpc) is 3.40. The summed E-state index contributed by atoms with van der Waals surface area (Å²) in [6.07, 6.45) is 2.42. The molecule has 1 unspecified atom stereocenters. The SMILES string of the molecule is CCCC(C)c1ccc(-n2c3ccccc3c3cc(-c4ccc(N(c5ccccc5)c5ccccc5)cc4)ccc32)cc1. The summed E-state index contributed by atoms with van der Waals surface area (Å²) in [5, 5.41) is 2.55. The van der Waals surface area contributed by atoms with Gasteiger partial charge in [-0.25, -0.2) is 0 Å². The standard InChI is InChI=1S/C41H36N2/c1-3-12-30(2)31-19-24-37(25-20-31)43-40-18-11-10-17-38(40)39-29-33(23-28-41(39)43)32-21-26-36(27-22-32)42(34-13-6-4-7-14-34)35-15-8-5-9-16-35/h4-11,13-30H,3,12H2,1-2H3. The zero-order valence-corrected chi connectivity index (χ0v) is 24.8. The summed E-state index contributed by atoms with van der Waals surface area (Å²) < 4.78 is 2.41. The minimum atomic E-state index is 0.582. The number of benzene rings is 6. The largest absolute Gasteiger partial charge is 0.311 e. The van der Waals surface area contributed by atoms with Gasteiger partial charge in [0.2, 0.25) is 0 Å². The quantitative estimate of drug-likeness (QED) is 0.181. The van der Waals surface area contributed by atoms with E-state index in [1.165, 1.54) is 57.0 Å². The molecule has 0 aliphatic heterocycles. The molecule has 0 fully saturated rings. The second kappa shape index (κ2) is 11.7. The van der Waals surface area contributed by atoms with Gasteiger partial charge in [0, 0.05) is 33.5 Å². The molecule has 1 heterocycles. The van der Waals surface area contributed by atoms with Gasteiger partial charge < -0.3 is 9.47 Å². The Balaban J connectivity index is 1.27. The normalized spacial score (nSPS) is 12.0. The molecule has 0 spiro atoms. The monoisotopic (exact) mass is 556 g/mol. The number of hydrogen-bond acceptors (Lipinski definition) is 1. The third-order valence-electron chi connectivity index (χ3n) is 8.60. The van der Waals surface area contributed by atoms with E-state index in [1.807, 2.05) is 0 Å². The Kier molecular flexibility index (Phi) is 7.27. The van der Waals surface area contributed by atoms with Crippen LogP contribution in [0.3, 0.4) is 0 Å². The summed E-state index contributed by atoms with van der Waals surface area (Å²) in [6, 6.07) is 54.9. The van der Waals surface area contributed by atoms with Crippen molar-refractivity contribution in [2.24, 2.45) is 0 Å². The lowest BCUT2D eigenvalue weighted by atomic mass is 9.96. The van der Waals surface area contributed by atoms with E-state index in [4.69, 9.17) is 0 Å². The van der Waals surface area contributed by atoms with Crippen LogP contribution in [0.15, 0.2) is 152 Å². The lowest BCUT2D eigenvalue weighted by molar-refractivity contribution is 0.665. The fourth-order valence-electron chi connectivity index (χ4n) is 6.39. The Morgan fingerprint density at radius 1 is 0.535 bits per heavy atom. The molecule has 2 nitrogen and oxygen atoms in total. The first kappa shape index (κ1) is 26.8. The first-order valence-corrected chi connectivity index (χ1v) is 15.4. The smallest absolute Gasteiger partial charge is 0.0541 e. The van der Waals surface area contributed by atoms with Gasteiger partial charge in [-0.2, -0.15) is 0 Å². The molecule has 0 saturated carbocycles. The van der Waals surface area contributed by atoms with Crippen LogP contribution >= 0.6 is 0 Å². The van der Waals surface area contributed by atoms with Crippen molar-refractivity contribution in [3.05, 3.63) is 157 Å². The van der Waals surface area contributed by atoms with Crippen LogP contribution in [0.2, 0.25) is 0 Å². The third kappa shape index (κ3) is 5.10. The fourth-order valence-corrected chi connectivity index (χ4v) is 6.39. The lowest BCUT2D eigenvalue weighted by Crippen LogP contribution is -2.09. The molecule has 0 aliphatic carbocycles. The Hall–Kier alpha value is -5.08. The zero-order chi connectivity index (χ0) is 29.2. The topological polar surface area (TPSA) is 8.17 Å². The minimum absolute atomic E-state index is 0.582. The van der Waals surface area contributed by atoms with E-state index in [0.717, 1.165) is 17.1 Å². The summed E-state index contributed by atoms with van der Waals surface area (Å²) in [6.45, 7) is 4.59. The van der Waals surface area contributed by atoms with Crippen molar-refractivity contribution in [1.82, 2.24) is 4.57 Å². The highest BCUT2D eigenvalue weighted by molar-refractivity contribution is 6.10. The first-order valence-electron chi connectivity index (χ1n) is 15.4. The van der Waals surface area contributed by atoms with Gasteiger partial charge in [-0.1, -0.05) is 105 Å². The summed E-state index contributed by atoms with van der Waals surface area (Å²) >= 11 is 0. The maximum atomic E-state index is 2.41. The van der Waals surface area contributed by atoms with E-state index in [0.29, 0.717) is 5.92 Å². The van der Waals surface area contributed by atoms with Crippen LogP contribution in [0.1, 0.15) is 38.2 Å². The summed E-state index contributed by atoms with van der Waals surface area (Å²) in [5.41, 5.74) is 10.9. The Morgan fingerprint density at radius 2 is 1.09 bits per heavy atom. The van der Waals surface area contributed by atoms with E-state index < -0.39 is 0 Å². The summed E-state index contributed by atoms with van der Waals surface area (Å²) in [5.74, 6) is 0.582. The average molecular weight is 557 g/mol. The Bertz CT molecular complexity index is 1930. The van der Waals surface area contributed by atoms with Gasteiger partial charge in [0.05, 0.1) is 11.0 Å². The van der Waals surface area contributed by atoms with Crippen molar-refractivity contribution in [3.63, 3.8) is 0 Å². The van der Waals surface area contributed by atoms with Gasteiger partial charge in [-0.3, -0.25) is 0 Å². The van der Waals surface area contributed by atoms with Crippen molar-refractivity contribution in [2.45, 2.75) is 32.6 Å². The van der Waals surface area contributed by atoms with Crippen molar-refractivity contribution < 1.29 is 0 Å². The van der Waals surface area contributed by atoms with Crippen molar-refractivity contribution in [2.75, 3.05) is 4.90 Å². The molecule has 0 N–H and O–H groups in total. The molecule has 0 amide bonds. The first-order chi connectivity index (χ1) is 21.2. The highest BCUT2D eigenvalue weighted by atomic mass is 15.1. The lowest BCUT2D eigenvalue weighted by Gasteiger charge is -2.25. The van der Waals surface area contributed by atoms with Crippen LogP contribution in [0.4, 0.5) is 17.1 Å². The van der Waals surface area contributed by atoms with Crippen molar-refractivity contribution >= 4 is 38.9 Å². The maximum Gasteiger partial charge on any atom is 0.0541 e. The molecule has 43 heavy (non-hydrogen) atoms. The highest BCUT2D eigenvalue weighted by Gasteiger charge is 2.15. The highest BCUT2D eigenvalue weighted by Crippen LogP contribution is 2.38. The van der Waals surface area contributed by atoms with Crippen molar-refractivity contribution in [3.8, 4) is 16.8 Å². The Labute approximate surface area is 254 Å². The number of fused-ring (bicyclic) bond motifs is 3. The number of hydrogen-bond donors (Lipinski definition) is 0. The minimum Gasteiger partial charge on any atom is -0.311 e. The Morgan fingerprint density at radius 3 is 1.74 bits per heavy atom. The zero-order valence-electron chi connectivity index (χ0n) is 24.8. The van der Waals surface area contributed by atoms with Crippen LogP contribution in [0.5, 0.6) is 0 Å². The van der Waals surface area contributed by atoms with Crippen LogP contribution in [-0.4, -0.2) is 4.57 Å². The maximum absolute atomic E-state index is 2.41. The van der Waals surface area contributed by atoms with Crippen LogP contribution in [0, 0.1) is 0 Å². The fraction of sp³-hybridized carbons (Fsp3) is 0.122. The van der Waals surface area contributed by atoms with Gasteiger partial charge in [0.25, 0.3) is 0 Å². The molecular formula is C41H36N2. The van der Waals surface area contributed by atoms with Crippen molar-refractivity contribution in [1.29, 1.82) is 0 Å². The third-order valence-corrected chi connectivity index (χ3v) is 8.60. The van der Waals surface area contributed by atoms with Crippen LogP contribution < -0.4 is 4.90 Å². The number of nitrogens with zero attached hydrogens (tertiary/aromatic N) is 2. The molecule has 0 saturated heterocycles. The number of rotatable bonds is 8. The molecule has 7 rings (SSSR count). The number of aromatic nitrogens is 1. The number of anilines is 3. The predicted octanol–water partition coefficient (Wildman–Crippen LogP) is 11.8. The van der Waals surface area contributed by atoms with Gasteiger partial charge in [-0.15, -0.1) is 0 Å². The summed E-state index contributed by atoms with van der Waals surface area (Å²) in [4.78, 5) is 2.30. The van der Waals surface area contributed by atoms with E-state index in [1.54, 1.807) is 0 Å². The van der Waals surface area contributed by atoms with E-state index in [9.17, 15) is 0 Å². The van der Waals surface area contributed by atoms with Gasteiger partial charge in [0.15, 0.2) is 0 Å². The molecule has 1 aromatic heterocycles. The molecule has 1 atom stereocenters. The van der Waals surface area contributed by atoms with Crippen LogP contribution in [0.25, 0.3) is 38.6 Å². The molecule has 0 bridgehead atoms. The summed E-state index contributed by atoms with van der Waals surface area (Å²) in [7, 11) is 0. The molecule has 0 aliphatic rings. The van der Waals surface area contributed by atoms with E-state index >= 15 is 0 Å². The van der Waals surface area contributed by atoms with E-state index in [2.05, 4.69) is 175 Å². The molecule has 0 radical (unpaired) electrons. The van der Waals surface area contributed by atoms with Gasteiger partial charge >= 0.3 is 0 Å². The molecule has 6 aromatic carbocycles. The van der Waals surface area contributed by atoms with Gasteiger partial charge in [-0.05, 0) is 95.8 Å². The van der Waals surface area contributed by atoms with Gasteiger partial charge in [0.1, 0.15) is 0 Å². The van der Waals surface area contributed by atoms with Crippen LogP contribution in [-0.2, 0) is 0 Å². The molecule has 7 aromatic rings. The number of para-hydroxylation sites is 3. The molecule has 210 valence electrons. The second-order valence-corrected chi connectivity index (χ2v) is 11.4.